The molecular weight excluding hydrogens is 523 g/mol. The number of halogens is 2. The van der Waals surface area contributed by atoms with E-state index in [0.29, 0.717) is 27.6 Å². The van der Waals surface area contributed by atoms with E-state index in [9.17, 15) is 14.4 Å². The molecule has 4 aromatic rings. The summed E-state index contributed by atoms with van der Waals surface area (Å²) in [6.07, 6.45) is 0. The zero-order valence-electron chi connectivity index (χ0n) is 19.7. The summed E-state index contributed by atoms with van der Waals surface area (Å²) in [5, 5.41) is 9.19. The van der Waals surface area contributed by atoms with Gasteiger partial charge in [-0.15, -0.1) is 0 Å². The predicted octanol–water partition coefficient (Wildman–Crippen LogP) is 6.77. The number of nitrogens with zero attached hydrogens (tertiary/aromatic N) is 1. The molecule has 1 heterocycles. The third-order valence-corrected chi connectivity index (χ3v) is 6.30. The summed E-state index contributed by atoms with van der Waals surface area (Å²) in [4.78, 5) is 39.3. The van der Waals surface area contributed by atoms with E-state index < -0.39 is 11.8 Å². The Balaban J connectivity index is 1.22. The zero-order chi connectivity index (χ0) is 26.6. The van der Waals surface area contributed by atoms with Crippen molar-refractivity contribution in [3.63, 3.8) is 0 Å². The van der Waals surface area contributed by atoms with Crippen LogP contribution in [-0.2, 0) is 9.59 Å². The molecule has 0 unspecified atom stereocenters. The molecule has 0 bridgehead atoms. The first kappa shape index (κ1) is 25.1. The molecule has 5 rings (SSSR count). The van der Waals surface area contributed by atoms with E-state index in [0.717, 1.165) is 16.3 Å². The lowest BCUT2D eigenvalue weighted by Gasteiger charge is -2.15. The van der Waals surface area contributed by atoms with E-state index in [4.69, 9.17) is 23.2 Å². The van der Waals surface area contributed by atoms with Gasteiger partial charge in [-0.3, -0.25) is 14.4 Å². The standard InChI is InChI=1S/C29H20Cl2N4O3/c30-19-5-4-8-24(17-19)35-28(37)25(31)26(29(35)38)33-22-11-9-18(10-12-22)27(36)34-23-15-13-21(14-16-23)32-20-6-2-1-3-7-20/h1-17,32-33H,(H,34,36). The molecule has 0 saturated carbocycles. The van der Waals surface area contributed by atoms with Crippen molar-refractivity contribution in [3.05, 3.63) is 124 Å². The number of carbonyl (C=O) groups is 3. The zero-order valence-corrected chi connectivity index (χ0v) is 21.3. The van der Waals surface area contributed by atoms with Crippen molar-refractivity contribution in [2.75, 3.05) is 20.9 Å². The predicted molar refractivity (Wildman–Crippen MR) is 151 cm³/mol. The Bertz CT molecular complexity index is 1550. The highest BCUT2D eigenvalue weighted by Gasteiger charge is 2.39. The van der Waals surface area contributed by atoms with Crippen molar-refractivity contribution >= 4 is 69.4 Å². The fourth-order valence-corrected chi connectivity index (χ4v) is 4.24. The number of amides is 3. The van der Waals surface area contributed by atoms with Gasteiger partial charge in [0.1, 0.15) is 10.7 Å². The Morgan fingerprint density at radius 3 is 1.92 bits per heavy atom. The van der Waals surface area contributed by atoms with Crippen LogP contribution in [0.2, 0.25) is 5.02 Å². The minimum atomic E-state index is -0.651. The van der Waals surface area contributed by atoms with Crippen LogP contribution in [0.15, 0.2) is 114 Å². The smallest absolute Gasteiger partial charge is 0.283 e. The van der Waals surface area contributed by atoms with E-state index in [-0.39, 0.29) is 16.6 Å². The highest BCUT2D eigenvalue weighted by molar-refractivity contribution is 6.53. The summed E-state index contributed by atoms with van der Waals surface area (Å²) < 4.78 is 0. The fourth-order valence-electron chi connectivity index (χ4n) is 3.84. The van der Waals surface area contributed by atoms with Crippen molar-refractivity contribution in [1.82, 2.24) is 0 Å². The van der Waals surface area contributed by atoms with Crippen LogP contribution in [0.5, 0.6) is 0 Å². The van der Waals surface area contributed by atoms with E-state index >= 15 is 0 Å². The highest BCUT2D eigenvalue weighted by Crippen LogP contribution is 2.31. The van der Waals surface area contributed by atoms with Crippen LogP contribution in [0.1, 0.15) is 10.4 Å². The average molecular weight is 543 g/mol. The number of para-hydroxylation sites is 1. The molecule has 3 amide bonds. The molecular formula is C29H20Cl2N4O3. The van der Waals surface area contributed by atoms with E-state index in [1.165, 1.54) is 6.07 Å². The monoisotopic (exact) mass is 542 g/mol. The van der Waals surface area contributed by atoms with Crippen molar-refractivity contribution in [3.8, 4) is 0 Å². The number of imide groups is 1. The Morgan fingerprint density at radius 1 is 0.632 bits per heavy atom. The average Bonchev–Trinajstić information content (AvgIpc) is 3.13. The fraction of sp³-hybridized carbons (Fsp3) is 0. The number of nitrogens with one attached hydrogen (secondary N) is 3. The van der Waals surface area contributed by atoms with Crippen LogP contribution in [0.3, 0.4) is 0 Å². The summed E-state index contributed by atoms with van der Waals surface area (Å²) in [6, 6.07) is 30.0. The maximum Gasteiger partial charge on any atom is 0.283 e. The van der Waals surface area contributed by atoms with Gasteiger partial charge in [-0.05, 0) is 78.9 Å². The number of rotatable bonds is 7. The van der Waals surface area contributed by atoms with Gasteiger partial charge in [0.2, 0.25) is 0 Å². The number of hydrogen-bond acceptors (Lipinski definition) is 5. The minimum Gasteiger partial charge on any atom is -0.356 e. The number of hydrogen-bond donors (Lipinski definition) is 3. The second-order valence-electron chi connectivity index (χ2n) is 8.34. The number of anilines is 5. The molecule has 7 nitrogen and oxygen atoms in total. The molecule has 0 aromatic heterocycles. The third-order valence-electron chi connectivity index (χ3n) is 5.72. The van der Waals surface area contributed by atoms with Gasteiger partial charge in [0.05, 0.1) is 5.69 Å². The number of carbonyl (C=O) groups excluding carboxylic acids is 3. The molecule has 0 saturated heterocycles. The molecule has 0 aliphatic carbocycles. The quantitative estimate of drug-likeness (QED) is 0.224. The molecule has 0 spiro atoms. The first-order valence-electron chi connectivity index (χ1n) is 11.5. The van der Waals surface area contributed by atoms with E-state index in [2.05, 4.69) is 16.0 Å². The van der Waals surface area contributed by atoms with Gasteiger partial charge in [-0.2, -0.15) is 0 Å². The van der Waals surface area contributed by atoms with Gasteiger partial charge < -0.3 is 16.0 Å². The lowest BCUT2D eigenvalue weighted by molar-refractivity contribution is -0.120. The Labute approximate surface area is 228 Å². The normalized spacial score (nSPS) is 13.1. The Hall–Kier alpha value is -4.59. The van der Waals surface area contributed by atoms with Crippen LogP contribution in [0.4, 0.5) is 28.4 Å². The first-order chi connectivity index (χ1) is 18.4. The summed E-state index contributed by atoms with van der Waals surface area (Å²) in [6.45, 7) is 0. The van der Waals surface area contributed by atoms with Gasteiger partial charge in [0, 0.05) is 33.3 Å². The molecule has 1 aliphatic heterocycles. The summed E-state index contributed by atoms with van der Waals surface area (Å²) in [5.74, 6) is -1.55. The maximum absolute atomic E-state index is 12.9. The molecule has 0 radical (unpaired) electrons. The van der Waals surface area contributed by atoms with Crippen LogP contribution < -0.4 is 20.9 Å². The highest BCUT2D eigenvalue weighted by atomic mass is 35.5. The molecule has 3 N–H and O–H groups in total. The molecule has 0 atom stereocenters. The number of benzene rings is 4. The molecule has 1 aliphatic rings. The molecule has 38 heavy (non-hydrogen) atoms. The first-order valence-corrected chi connectivity index (χ1v) is 12.3. The van der Waals surface area contributed by atoms with Crippen molar-refractivity contribution in [2.24, 2.45) is 0 Å². The van der Waals surface area contributed by atoms with Crippen molar-refractivity contribution in [1.29, 1.82) is 0 Å². The minimum absolute atomic E-state index is 0.0574. The Kier molecular flexibility index (Phi) is 7.13. The SMILES string of the molecule is O=C(Nc1ccc(Nc2ccccc2)cc1)c1ccc(NC2=C(Cl)C(=O)N(c3cccc(Cl)c3)C2=O)cc1. The molecule has 0 fully saturated rings. The van der Waals surface area contributed by atoms with Crippen molar-refractivity contribution in [2.45, 2.75) is 0 Å². The van der Waals surface area contributed by atoms with Crippen LogP contribution in [0.25, 0.3) is 0 Å². The lowest BCUT2D eigenvalue weighted by Crippen LogP contribution is -2.32. The second-order valence-corrected chi connectivity index (χ2v) is 9.15. The van der Waals surface area contributed by atoms with Crippen LogP contribution in [-0.4, -0.2) is 17.7 Å². The maximum atomic E-state index is 12.9. The molecule has 9 heteroatoms. The topological polar surface area (TPSA) is 90.5 Å². The molecule has 188 valence electrons. The van der Waals surface area contributed by atoms with E-state index in [1.807, 2.05) is 54.6 Å². The summed E-state index contributed by atoms with van der Waals surface area (Å²) >= 11 is 12.2. The van der Waals surface area contributed by atoms with Crippen LogP contribution in [0, 0.1) is 0 Å². The third kappa shape index (κ3) is 5.39. The van der Waals surface area contributed by atoms with Crippen LogP contribution >= 0.6 is 23.2 Å². The van der Waals surface area contributed by atoms with E-state index in [1.54, 1.807) is 42.5 Å². The van der Waals surface area contributed by atoms with Gasteiger partial charge in [-0.1, -0.05) is 47.5 Å². The van der Waals surface area contributed by atoms with Gasteiger partial charge in [0.15, 0.2) is 0 Å². The van der Waals surface area contributed by atoms with Gasteiger partial charge in [-0.25, -0.2) is 4.90 Å². The molecule has 4 aromatic carbocycles. The Morgan fingerprint density at radius 2 is 1.24 bits per heavy atom. The van der Waals surface area contributed by atoms with Crippen molar-refractivity contribution < 1.29 is 14.4 Å². The summed E-state index contributed by atoms with van der Waals surface area (Å²) in [5.41, 5.74) is 3.67. The largest absolute Gasteiger partial charge is 0.356 e. The summed E-state index contributed by atoms with van der Waals surface area (Å²) in [7, 11) is 0. The lowest BCUT2D eigenvalue weighted by atomic mass is 10.1. The van der Waals surface area contributed by atoms with Gasteiger partial charge in [0.25, 0.3) is 17.7 Å². The second kappa shape index (κ2) is 10.8. The van der Waals surface area contributed by atoms with Gasteiger partial charge >= 0.3 is 0 Å².